The summed E-state index contributed by atoms with van der Waals surface area (Å²) < 4.78 is 0. The van der Waals surface area contributed by atoms with Crippen LogP contribution in [0.15, 0.2) is 250 Å². The lowest BCUT2D eigenvalue weighted by atomic mass is 9.81. The number of benzene rings is 9. The highest BCUT2D eigenvalue weighted by molar-refractivity contribution is 8.34. The second-order valence-corrected chi connectivity index (χ2v) is 22.4. The standard InChI is InChI=1S/C64H55NS/c1-64(2)61-25-15-24-58(48-30-28-47(29-31-48)46-16-7-3-8-17-46)63(61)59-41-38-53(44-62(59)64)65(51-34-32-49(33-35-51)60-43-45-26-27-50(60)42-45)52-36-39-57(40-37-52)66(54-18-9-4-10-19-54,55-20-11-5-12-21-55)56-22-13-6-14-23-56/h3-25,28-41,44-45,50,60H,26-27,42-43H2,1-2H3. The van der Waals surface area contributed by atoms with E-state index in [1.54, 1.807) is 0 Å². The average Bonchev–Trinajstić information content (AvgIpc) is 4.09. The van der Waals surface area contributed by atoms with Crippen molar-refractivity contribution in [3.63, 3.8) is 0 Å². The summed E-state index contributed by atoms with van der Waals surface area (Å²) in [5.74, 6) is 2.46. The lowest BCUT2D eigenvalue weighted by molar-refractivity contribution is 0.420. The molecule has 3 aliphatic carbocycles. The van der Waals surface area contributed by atoms with Gasteiger partial charge in [-0.25, -0.2) is 0 Å². The van der Waals surface area contributed by atoms with Crippen LogP contribution in [0.1, 0.15) is 62.1 Å². The smallest absolute Gasteiger partial charge is 0.0465 e. The molecule has 2 saturated carbocycles. The molecule has 66 heavy (non-hydrogen) atoms. The Bertz CT molecular complexity index is 3040. The molecule has 322 valence electrons. The van der Waals surface area contributed by atoms with E-state index in [0.717, 1.165) is 17.5 Å². The summed E-state index contributed by atoms with van der Waals surface area (Å²) in [6.07, 6.45) is 5.58. The molecule has 0 saturated heterocycles. The molecule has 3 aliphatic rings. The number of hydrogen-bond donors (Lipinski definition) is 0. The Morgan fingerprint density at radius 2 is 0.924 bits per heavy atom. The van der Waals surface area contributed by atoms with Gasteiger partial charge in [-0.1, -0.05) is 166 Å². The normalized spacial score (nSPS) is 18.1. The van der Waals surface area contributed by atoms with Gasteiger partial charge in [0, 0.05) is 42.1 Å². The molecule has 0 aliphatic heterocycles. The fourth-order valence-electron chi connectivity index (χ4n) is 12.1. The SMILES string of the molecule is CC1(C)c2cc(N(c3ccc(C4CC5CCC4C5)cc3)c3ccc(S(c4ccccc4)(c4ccccc4)c4ccccc4)cc3)ccc2-c2c(-c3ccc(-c4ccccc4)cc3)cccc21. The van der Waals surface area contributed by atoms with E-state index in [4.69, 9.17) is 0 Å². The van der Waals surface area contributed by atoms with Gasteiger partial charge in [-0.15, -0.1) is 10.0 Å². The van der Waals surface area contributed by atoms with Gasteiger partial charge in [-0.3, -0.25) is 0 Å². The number of fused-ring (bicyclic) bond motifs is 5. The molecule has 1 nitrogen and oxygen atoms in total. The molecule has 3 atom stereocenters. The van der Waals surface area contributed by atoms with Crippen LogP contribution >= 0.6 is 10.0 Å². The summed E-state index contributed by atoms with van der Waals surface area (Å²) in [6.45, 7) is 4.82. The second kappa shape index (κ2) is 16.5. The van der Waals surface area contributed by atoms with Crippen LogP contribution in [0, 0.1) is 11.8 Å². The summed E-state index contributed by atoms with van der Waals surface area (Å²) in [4.78, 5) is 7.80. The first-order valence-corrected chi connectivity index (χ1v) is 25.5. The van der Waals surface area contributed by atoms with Crippen molar-refractivity contribution in [2.45, 2.75) is 70.4 Å². The molecule has 0 heterocycles. The van der Waals surface area contributed by atoms with Crippen LogP contribution in [0.4, 0.5) is 17.1 Å². The van der Waals surface area contributed by atoms with Gasteiger partial charge in [0.15, 0.2) is 0 Å². The van der Waals surface area contributed by atoms with E-state index in [0.29, 0.717) is 5.92 Å². The third kappa shape index (κ3) is 6.76. The van der Waals surface area contributed by atoms with E-state index >= 15 is 0 Å². The Morgan fingerprint density at radius 1 is 0.409 bits per heavy atom. The predicted octanol–water partition coefficient (Wildman–Crippen LogP) is 18.0. The molecule has 12 rings (SSSR count). The molecule has 0 spiro atoms. The molecule has 0 radical (unpaired) electrons. The van der Waals surface area contributed by atoms with Gasteiger partial charge in [-0.2, -0.15) is 0 Å². The maximum Gasteiger partial charge on any atom is 0.0465 e. The van der Waals surface area contributed by atoms with Crippen molar-refractivity contribution in [3.05, 3.63) is 247 Å². The topological polar surface area (TPSA) is 3.24 Å². The number of hydrogen-bond acceptors (Lipinski definition) is 1. The van der Waals surface area contributed by atoms with E-state index in [1.807, 2.05) is 0 Å². The number of rotatable bonds is 10. The van der Waals surface area contributed by atoms with E-state index < -0.39 is 10.0 Å². The Balaban J connectivity index is 0.982. The van der Waals surface area contributed by atoms with Gasteiger partial charge in [0.2, 0.25) is 0 Å². The average molecular weight is 870 g/mol. The highest BCUT2D eigenvalue weighted by Crippen LogP contribution is 2.73. The van der Waals surface area contributed by atoms with Crippen LogP contribution in [-0.2, 0) is 5.41 Å². The fourth-order valence-corrected chi connectivity index (χ4v) is 16.0. The zero-order valence-corrected chi connectivity index (χ0v) is 38.7. The minimum atomic E-state index is -1.82. The van der Waals surface area contributed by atoms with Gasteiger partial charge in [0.05, 0.1) is 0 Å². The van der Waals surface area contributed by atoms with Crippen LogP contribution in [0.5, 0.6) is 0 Å². The number of nitrogens with zero attached hydrogens (tertiary/aromatic N) is 1. The first kappa shape index (κ1) is 40.6. The third-order valence-corrected chi connectivity index (χ3v) is 19.2. The van der Waals surface area contributed by atoms with Gasteiger partial charge in [0.1, 0.15) is 0 Å². The van der Waals surface area contributed by atoms with E-state index in [-0.39, 0.29) is 5.41 Å². The molecular weight excluding hydrogens is 815 g/mol. The van der Waals surface area contributed by atoms with Gasteiger partial charge in [0.25, 0.3) is 0 Å². The van der Waals surface area contributed by atoms with Crippen molar-refractivity contribution in [3.8, 4) is 33.4 Å². The lowest BCUT2D eigenvalue weighted by Crippen LogP contribution is -2.16. The molecule has 3 unspecified atom stereocenters. The molecule has 0 amide bonds. The van der Waals surface area contributed by atoms with E-state index in [1.165, 1.54) is 107 Å². The summed E-state index contributed by atoms with van der Waals surface area (Å²) in [5, 5.41) is 0. The first-order chi connectivity index (χ1) is 32.5. The highest BCUT2D eigenvalue weighted by Gasteiger charge is 2.41. The quantitative estimate of drug-likeness (QED) is 0.132. The summed E-state index contributed by atoms with van der Waals surface area (Å²) >= 11 is 0. The Hall–Kier alpha value is -6.87. The molecule has 2 bridgehead atoms. The summed E-state index contributed by atoms with van der Waals surface area (Å²) in [6, 6.07) is 86.7. The molecule has 0 N–H and O–H groups in total. The summed E-state index contributed by atoms with van der Waals surface area (Å²) in [5.41, 5.74) is 15.3. The van der Waals surface area contributed by atoms with Gasteiger partial charge >= 0.3 is 0 Å². The molecule has 0 aromatic heterocycles. The lowest BCUT2D eigenvalue weighted by Gasteiger charge is -2.42. The maximum atomic E-state index is 2.50. The predicted molar refractivity (Wildman–Crippen MR) is 278 cm³/mol. The molecule has 2 fully saturated rings. The minimum absolute atomic E-state index is 0.189. The Morgan fingerprint density at radius 3 is 1.48 bits per heavy atom. The molecule has 2 heteroatoms. The van der Waals surface area contributed by atoms with Crippen LogP contribution in [-0.4, -0.2) is 0 Å². The molecule has 9 aromatic carbocycles. The first-order valence-electron chi connectivity index (χ1n) is 23.9. The van der Waals surface area contributed by atoms with Crippen LogP contribution in [0.25, 0.3) is 33.4 Å². The zero-order chi connectivity index (χ0) is 44.2. The fraction of sp³-hybridized carbons (Fsp3) is 0.156. The van der Waals surface area contributed by atoms with Crippen LogP contribution < -0.4 is 4.90 Å². The van der Waals surface area contributed by atoms with Crippen molar-refractivity contribution in [1.29, 1.82) is 0 Å². The minimum Gasteiger partial charge on any atom is -0.310 e. The van der Waals surface area contributed by atoms with Crippen molar-refractivity contribution in [1.82, 2.24) is 0 Å². The largest absolute Gasteiger partial charge is 0.310 e. The van der Waals surface area contributed by atoms with E-state index in [2.05, 4.69) is 249 Å². The second-order valence-electron chi connectivity index (χ2n) is 19.3. The summed E-state index contributed by atoms with van der Waals surface area (Å²) in [7, 11) is -1.82. The van der Waals surface area contributed by atoms with Gasteiger partial charge in [-0.05, 0) is 172 Å². The Labute approximate surface area is 392 Å². The molecule has 9 aromatic rings. The molecular formula is C64H55NS. The van der Waals surface area contributed by atoms with Crippen molar-refractivity contribution < 1.29 is 0 Å². The van der Waals surface area contributed by atoms with Crippen LogP contribution in [0.2, 0.25) is 0 Å². The van der Waals surface area contributed by atoms with Crippen molar-refractivity contribution in [2.75, 3.05) is 4.90 Å². The Kier molecular flexibility index (Phi) is 10.2. The number of anilines is 3. The maximum absolute atomic E-state index is 2.50. The zero-order valence-electron chi connectivity index (χ0n) is 37.9. The highest BCUT2D eigenvalue weighted by atomic mass is 32.3. The van der Waals surface area contributed by atoms with Crippen molar-refractivity contribution >= 4 is 27.1 Å². The van der Waals surface area contributed by atoms with Crippen molar-refractivity contribution in [2.24, 2.45) is 11.8 Å². The van der Waals surface area contributed by atoms with Crippen LogP contribution in [0.3, 0.4) is 0 Å². The monoisotopic (exact) mass is 869 g/mol. The van der Waals surface area contributed by atoms with E-state index in [9.17, 15) is 0 Å². The van der Waals surface area contributed by atoms with Gasteiger partial charge < -0.3 is 4.90 Å². The third-order valence-electron chi connectivity index (χ3n) is 15.3.